The topological polar surface area (TPSA) is 91.5 Å². The van der Waals surface area contributed by atoms with E-state index in [0.29, 0.717) is 5.69 Å². The van der Waals surface area contributed by atoms with E-state index in [4.69, 9.17) is 0 Å². The molecule has 0 bridgehead atoms. The highest BCUT2D eigenvalue weighted by molar-refractivity contribution is 5.91. The predicted octanol–water partition coefficient (Wildman–Crippen LogP) is 1.50. The molecule has 7 heteroatoms. The quantitative estimate of drug-likeness (QED) is 0.589. The van der Waals surface area contributed by atoms with Gasteiger partial charge in [-0.25, -0.2) is 4.79 Å². The number of anilines is 2. The van der Waals surface area contributed by atoms with Gasteiger partial charge in [0.15, 0.2) is 12.4 Å². The van der Waals surface area contributed by atoms with Crippen molar-refractivity contribution in [2.75, 3.05) is 17.7 Å². The summed E-state index contributed by atoms with van der Waals surface area (Å²) >= 11 is 0. The molecule has 0 unspecified atom stereocenters. The Balaban J connectivity index is 2.00. The number of amides is 2. The minimum Gasteiger partial charge on any atom is -0.506 e. The largest absolute Gasteiger partial charge is 0.506 e. The highest BCUT2D eigenvalue weighted by Gasteiger charge is 2.11. The van der Waals surface area contributed by atoms with E-state index in [2.05, 4.69) is 15.4 Å². The summed E-state index contributed by atoms with van der Waals surface area (Å²) in [7, 11) is 1.22. The van der Waals surface area contributed by atoms with E-state index < -0.39 is 6.09 Å². The smallest absolute Gasteiger partial charge is 0.411 e. The molecule has 2 amide bonds. The van der Waals surface area contributed by atoms with Crippen LogP contribution < -0.4 is 15.2 Å². The monoisotopic (exact) mass is 302 g/mol. The van der Waals surface area contributed by atoms with Gasteiger partial charge in [-0.15, -0.1) is 0 Å². The Morgan fingerprint density at radius 1 is 1.18 bits per heavy atom. The summed E-state index contributed by atoms with van der Waals surface area (Å²) in [6.45, 7) is 0.157. The third-order valence-corrected chi connectivity index (χ3v) is 2.81. The van der Waals surface area contributed by atoms with Gasteiger partial charge in [-0.3, -0.25) is 10.1 Å². The van der Waals surface area contributed by atoms with Gasteiger partial charge in [0, 0.05) is 23.9 Å². The average molecular weight is 302 g/mol. The normalized spacial score (nSPS) is 9.86. The average Bonchev–Trinajstić information content (AvgIpc) is 2.50. The van der Waals surface area contributed by atoms with Crippen molar-refractivity contribution >= 4 is 23.4 Å². The Bertz CT molecular complexity index is 674. The molecule has 0 aliphatic carbocycles. The van der Waals surface area contributed by atoms with Crippen LogP contribution in [0.25, 0.3) is 0 Å². The number of carbonyl (C=O) groups is 2. The number of phenols is 1. The molecule has 0 aliphatic heterocycles. The van der Waals surface area contributed by atoms with Crippen molar-refractivity contribution in [3.8, 4) is 5.75 Å². The van der Waals surface area contributed by atoms with E-state index in [9.17, 15) is 14.7 Å². The number of hydrogen-bond acceptors (Lipinski definition) is 4. The van der Waals surface area contributed by atoms with Crippen LogP contribution in [-0.2, 0) is 16.1 Å². The molecule has 0 saturated carbocycles. The molecule has 3 N–H and O–H groups in total. The van der Waals surface area contributed by atoms with Crippen molar-refractivity contribution in [2.45, 2.75) is 6.54 Å². The van der Waals surface area contributed by atoms with Crippen LogP contribution in [0.4, 0.5) is 16.2 Å². The van der Waals surface area contributed by atoms with Gasteiger partial charge in [0.05, 0.1) is 12.8 Å². The molecule has 0 saturated heterocycles. The second kappa shape index (κ2) is 7.07. The highest BCUT2D eigenvalue weighted by Crippen LogP contribution is 2.26. The first-order chi connectivity index (χ1) is 10.6. The lowest BCUT2D eigenvalue weighted by molar-refractivity contribution is -0.684. The summed E-state index contributed by atoms with van der Waals surface area (Å²) in [5.41, 5.74) is 0.622. The second-order valence-corrected chi connectivity index (χ2v) is 4.44. The third kappa shape index (κ3) is 4.20. The number of ether oxygens (including phenoxy) is 1. The second-order valence-electron chi connectivity index (χ2n) is 4.44. The third-order valence-electron chi connectivity index (χ3n) is 2.81. The Hall–Kier alpha value is -3.09. The minimum atomic E-state index is -0.687. The fraction of sp³-hybridized carbons (Fsp3) is 0.133. The van der Waals surface area contributed by atoms with Crippen molar-refractivity contribution in [1.29, 1.82) is 0 Å². The van der Waals surface area contributed by atoms with Crippen molar-refractivity contribution in [1.82, 2.24) is 0 Å². The molecule has 0 radical (unpaired) electrons. The molecule has 114 valence electrons. The Morgan fingerprint density at radius 2 is 1.91 bits per heavy atom. The van der Waals surface area contributed by atoms with Crippen LogP contribution in [-0.4, -0.2) is 24.2 Å². The number of hydrogen-bond donors (Lipinski definition) is 3. The van der Waals surface area contributed by atoms with Crippen LogP contribution in [0.3, 0.4) is 0 Å². The highest BCUT2D eigenvalue weighted by atomic mass is 16.5. The fourth-order valence-corrected chi connectivity index (χ4v) is 1.78. The number of nitrogens with one attached hydrogen (secondary N) is 2. The van der Waals surface area contributed by atoms with Crippen molar-refractivity contribution in [2.24, 2.45) is 0 Å². The fourth-order valence-electron chi connectivity index (χ4n) is 1.78. The van der Waals surface area contributed by atoms with Gasteiger partial charge in [0.1, 0.15) is 5.75 Å². The molecular formula is C15H16N3O4+. The number of benzene rings is 1. The van der Waals surface area contributed by atoms with Crippen molar-refractivity contribution in [3.63, 3.8) is 0 Å². The molecule has 2 rings (SSSR count). The zero-order chi connectivity index (χ0) is 15.9. The number of carbonyl (C=O) groups excluding carboxylic acids is 2. The van der Waals surface area contributed by atoms with Gasteiger partial charge in [-0.2, -0.15) is 4.57 Å². The number of nitrogens with zero attached hydrogens (tertiary/aromatic N) is 1. The van der Waals surface area contributed by atoms with Gasteiger partial charge in [-0.1, -0.05) is 6.07 Å². The van der Waals surface area contributed by atoms with Crippen LogP contribution in [0.1, 0.15) is 0 Å². The molecule has 0 fully saturated rings. The first-order valence-electron chi connectivity index (χ1n) is 6.50. The summed E-state index contributed by atoms with van der Waals surface area (Å²) in [6, 6.07) is 9.90. The standard InChI is InChI=1S/C15H15N3O4/c1-22-15(21)17-12-6-5-11(9-13(12)19)16-14(20)10-18-7-3-2-4-8-18/h2-9H,10H2,1H3,(H2-,16,17,19,20,21)/p+1. The summed E-state index contributed by atoms with van der Waals surface area (Å²) in [6.07, 6.45) is 2.87. The zero-order valence-electron chi connectivity index (χ0n) is 11.9. The van der Waals surface area contributed by atoms with Crippen molar-refractivity contribution < 1.29 is 24.0 Å². The molecular weight excluding hydrogens is 286 g/mol. The first-order valence-corrected chi connectivity index (χ1v) is 6.50. The lowest BCUT2D eigenvalue weighted by Crippen LogP contribution is -2.39. The summed E-state index contributed by atoms with van der Waals surface area (Å²) in [5, 5.41) is 14.8. The van der Waals surface area contributed by atoms with E-state index in [1.54, 1.807) is 23.0 Å². The summed E-state index contributed by atoms with van der Waals surface area (Å²) < 4.78 is 6.16. The number of methoxy groups -OCH3 is 1. The predicted molar refractivity (Wildman–Crippen MR) is 79.4 cm³/mol. The van der Waals surface area contributed by atoms with E-state index in [0.717, 1.165) is 0 Å². The number of aromatic hydroxyl groups is 1. The summed E-state index contributed by atoms with van der Waals surface area (Å²) in [4.78, 5) is 23.0. The Labute approximate surface area is 127 Å². The first kappa shape index (κ1) is 15.3. The summed E-state index contributed by atoms with van der Waals surface area (Å²) in [5.74, 6) is -0.403. The molecule has 0 spiro atoms. The van der Waals surface area contributed by atoms with Crippen molar-refractivity contribution in [3.05, 3.63) is 48.8 Å². The van der Waals surface area contributed by atoms with Crippen LogP contribution in [0.15, 0.2) is 48.8 Å². The Morgan fingerprint density at radius 3 is 2.55 bits per heavy atom. The maximum Gasteiger partial charge on any atom is 0.411 e. The Kier molecular flexibility index (Phi) is 4.92. The van der Waals surface area contributed by atoms with Crippen LogP contribution in [0.2, 0.25) is 0 Å². The lowest BCUT2D eigenvalue weighted by atomic mass is 10.2. The van der Waals surface area contributed by atoms with Gasteiger partial charge in [-0.05, 0) is 12.1 Å². The van der Waals surface area contributed by atoms with E-state index in [1.165, 1.54) is 19.2 Å². The van der Waals surface area contributed by atoms with E-state index >= 15 is 0 Å². The number of phenolic OH excluding ortho intramolecular Hbond substituents is 1. The van der Waals surface area contributed by atoms with Crippen LogP contribution >= 0.6 is 0 Å². The lowest BCUT2D eigenvalue weighted by Gasteiger charge is -2.08. The maximum absolute atomic E-state index is 11.9. The van der Waals surface area contributed by atoms with Crippen LogP contribution in [0.5, 0.6) is 5.75 Å². The molecule has 0 atom stereocenters. The minimum absolute atomic E-state index is 0.157. The van der Waals surface area contributed by atoms with E-state index in [-0.39, 0.29) is 23.9 Å². The number of pyridine rings is 1. The van der Waals surface area contributed by atoms with Gasteiger partial charge < -0.3 is 15.2 Å². The maximum atomic E-state index is 11.9. The van der Waals surface area contributed by atoms with E-state index in [1.807, 2.05) is 18.2 Å². The molecule has 7 nitrogen and oxygen atoms in total. The van der Waals surface area contributed by atoms with Crippen LogP contribution in [0, 0.1) is 0 Å². The molecule has 0 aliphatic rings. The molecule has 1 heterocycles. The number of rotatable bonds is 4. The SMILES string of the molecule is COC(=O)Nc1ccc(NC(=O)C[n+]2ccccc2)cc1O. The van der Waals surface area contributed by atoms with Gasteiger partial charge >= 0.3 is 6.09 Å². The van der Waals surface area contributed by atoms with Gasteiger partial charge in [0.25, 0.3) is 5.91 Å². The number of aromatic nitrogens is 1. The van der Waals surface area contributed by atoms with Gasteiger partial charge in [0.2, 0.25) is 6.54 Å². The molecule has 1 aromatic heterocycles. The molecule has 1 aromatic carbocycles. The zero-order valence-corrected chi connectivity index (χ0v) is 11.9. The molecule has 2 aromatic rings. The molecule has 22 heavy (non-hydrogen) atoms.